The van der Waals surface area contributed by atoms with Crippen molar-refractivity contribution in [2.75, 3.05) is 6.61 Å². The highest BCUT2D eigenvalue weighted by Gasteiger charge is 2.18. The summed E-state index contributed by atoms with van der Waals surface area (Å²) in [5.74, 6) is 0.232. The van der Waals surface area contributed by atoms with Crippen molar-refractivity contribution in [3.05, 3.63) is 71.4 Å². The van der Waals surface area contributed by atoms with Crippen LogP contribution in [0.2, 0.25) is 0 Å². The van der Waals surface area contributed by atoms with Gasteiger partial charge in [0, 0.05) is 29.6 Å². The SMILES string of the molecule is Cc1cccc2[nH]cc(C(CCO)c3ccccc3)c12. The van der Waals surface area contributed by atoms with Gasteiger partial charge < -0.3 is 10.1 Å². The molecule has 0 fully saturated rings. The van der Waals surface area contributed by atoms with E-state index < -0.39 is 0 Å². The van der Waals surface area contributed by atoms with Gasteiger partial charge in [0.2, 0.25) is 0 Å². The van der Waals surface area contributed by atoms with Crippen LogP contribution < -0.4 is 0 Å². The van der Waals surface area contributed by atoms with Crippen LogP contribution in [0.1, 0.15) is 29.0 Å². The molecule has 0 radical (unpaired) electrons. The number of aromatic amines is 1. The molecule has 2 heteroatoms. The third-order valence-corrected chi connectivity index (χ3v) is 3.94. The fraction of sp³-hybridized carbons (Fsp3) is 0.222. The zero-order valence-corrected chi connectivity index (χ0v) is 11.6. The minimum Gasteiger partial charge on any atom is -0.396 e. The van der Waals surface area contributed by atoms with E-state index in [2.05, 4.69) is 60.6 Å². The molecule has 1 aromatic heterocycles. The summed E-state index contributed by atoms with van der Waals surface area (Å²) in [6.07, 6.45) is 2.83. The van der Waals surface area contributed by atoms with Gasteiger partial charge in [0.15, 0.2) is 0 Å². The Bertz CT molecular complexity index is 700. The standard InChI is InChI=1S/C18H19NO/c1-13-6-5-9-17-18(13)16(12-19-17)15(10-11-20)14-7-3-2-4-8-14/h2-9,12,15,19-20H,10-11H2,1H3. The minimum atomic E-state index is 0.193. The Balaban J connectivity index is 2.15. The lowest BCUT2D eigenvalue weighted by molar-refractivity contribution is 0.282. The molecule has 1 heterocycles. The fourth-order valence-electron chi connectivity index (χ4n) is 2.99. The third-order valence-electron chi connectivity index (χ3n) is 3.94. The van der Waals surface area contributed by atoms with Gasteiger partial charge in [0.25, 0.3) is 0 Å². The molecule has 0 aliphatic carbocycles. The molecule has 2 N–H and O–H groups in total. The summed E-state index contributed by atoms with van der Waals surface area (Å²) >= 11 is 0. The molecule has 0 saturated heterocycles. The number of H-pyrrole nitrogens is 1. The summed E-state index contributed by atoms with van der Waals surface area (Å²) in [7, 11) is 0. The molecular formula is C18H19NO. The maximum atomic E-state index is 9.43. The smallest absolute Gasteiger partial charge is 0.0459 e. The van der Waals surface area contributed by atoms with Crippen LogP contribution in [-0.4, -0.2) is 16.7 Å². The van der Waals surface area contributed by atoms with Gasteiger partial charge in [0.1, 0.15) is 0 Å². The zero-order chi connectivity index (χ0) is 13.9. The van der Waals surface area contributed by atoms with Crippen LogP contribution in [0.3, 0.4) is 0 Å². The first-order valence-corrected chi connectivity index (χ1v) is 7.03. The van der Waals surface area contributed by atoms with E-state index in [1.54, 1.807) is 0 Å². The molecule has 3 aromatic rings. The summed E-state index contributed by atoms with van der Waals surface area (Å²) < 4.78 is 0. The predicted molar refractivity (Wildman–Crippen MR) is 83.0 cm³/mol. The average molecular weight is 265 g/mol. The monoisotopic (exact) mass is 265 g/mol. The van der Waals surface area contributed by atoms with Crippen molar-refractivity contribution >= 4 is 10.9 Å². The molecule has 102 valence electrons. The number of aryl methyl sites for hydroxylation is 1. The summed E-state index contributed by atoms with van der Waals surface area (Å²) in [4.78, 5) is 3.36. The van der Waals surface area contributed by atoms with Crippen molar-refractivity contribution < 1.29 is 5.11 Å². The number of hydrogen-bond donors (Lipinski definition) is 2. The fourth-order valence-corrected chi connectivity index (χ4v) is 2.99. The van der Waals surface area contributed by atoms with Crippen LogP contribution in [-0.2, 0) is 0 Å². The van der Waals surface area contributed by atoms with Crippen molar-refractivity contribution in [3.63, 3.8) is 0 Å². The van der Waals surface area contributed by atoms with Crippen LogP contribution >= 0.6 is 0 Å². The average Bonchev–Trinajstić information content (AvgIpc) is 2.91. The van der Waals surface area contributed by atoms with Gasteiger partial charge >= 0.3 is 0 Å². The van der Waals surface area contributed by atoms with Gasteiger partial charge in [-0.1, -0.05) is 42.5 Å². The quantitative estimate of drug-likeness (QED) is 0.735. The zero-order valence-electron chi connectivity index (χ0n) is 11.6. The second-order valence-electron chi connectivity index (χ2n) is 5.22. The number of hydrogen-bond acceptors (Lipinski definition) is 1. The van der Waals surface area contributed by atoms with Crippen molar-refractivity contribution in [1.29, 1.82) is 0 Å². The molecule has 0 bridgehead atoms. The van der Waals surface area contributed by atoms with Gasteiger partial charge in [-0.05, 0) is 36.1 Å². The lowest BCUT2D eigenvalue weighted by atomic mass is 9.87. The molecule has 1 unspecified atom stereocenters. The molecule has 0 aliphatic rings. The summed E-state index contributed by atoms with van der Waals surface area (Å²) in [6.45, 7) is 2.33. The number of nitrogens with one attached hydrogen (secondary N) is 1. The molecule has 20 heavy (non-hydrogen) atoms. The highest BCUT2D eigenvalue weighted by molar-refractivity contribution is 5.87. The number of fused-ring (bicyclic) bond motifs is 1. The normalized spacial score (nSPS) is 12.7. The molecule has 0 amide bonds. The second-order valence-corrected chi connectivity index (χ2v) is 5.22. The van der Waals surface area contributed by atoms with Gasteiger partial charge in [-0.3, -0.25) is 0 Å². The summed E-state index contributed by atoms with van der Waals surface area (Å²) in [5.41, 5.74) is 4.97. The summed E-state index contributed by atoms with van der Waals surface area (Å²) in [5, 5.41) is 10.7. The Morgan fingerprint density at radius 3 is 2.60 bits per heavy atom. The van der Waals surface area contributed by atoms with E-state index in [0.717, 1.165) is 6.42 Å². The maximum absolute atomic E-state index is 9.43. The van der Waals surface area contributed by atoms with Crippen molar-refractivity contribution in [1.82, 2.24) is 4.98 Å². The van der Waals surface area contributed by atoms with E-state index in [-0.39, 0.29) is 12.5 Å². The summed E-state index contributed by atoms with van der Waals surface area (Å²) in [6, 6.07) is 16.7. The first-order valence-electron chi connectivity index (χ1n) is 7.03. The first-order chi connectivity index (χ1) is 9.81. The largest absolute Gasteiger partial charge is 0.396 e. The van der Waals surface area contributed by atoms with Gasteiger partial charge in [-0.2, -0.15) is 0 Å². The van der Waals surface area contributed by atoms with Crippen molar-refractivity contribution in [3.8, 4) is 0 Å². The Kier molecular flexibility index (Phi) is 3.57. The number of rotatable bonds is 4. The molecule has 0 saturated carbocycles. The van der Waals surface area contributed by atoms with E-state index in [9.17, 15) is 5.11 Å². The molecule has 2 nitrogen and oxygen atoms in total. The number of benzene rings is 2. The Hall–Kier alpha value is -2.06. The van der Waals surface area contributed by atoms with Gasteiger partial charge in [-0.15, -0.1) is 0 Å². The molecule has 0 aliphatic heterocycles. The van der Waals surface area contributed by atoms with E-state index in [0.29, 0.717) is 0 Å². The highest BCUT2D eigenvalue weighted by atomic mass is 16.3. The van der Waals surface area contributed by atoms with Crippen LogP contribution in [0, 0.1) is 6.92 Å². The van der Waals surface area contributed by atoms with Crippen LogP contribution in [0.5, 0.6) is 0 Å². The highest BCUT2D eigenvalue weighted by Crippen LogP contribution is 2.34. The third kappa shape index (κ3) is 2.23. The number of aromatic nitrogens is 1. The second kappa shape index (κ2) is 5.51. The van der Waals surface area contributed by atoms with Crippen LogP contribution in [0.25, 0.3) is 10.9 Å². The number of aliphatic hydroxyl groups excluding tert-OH is 1. The predicted octanol–water partition coefficient (Wildman–Crippen LogP) is 3.99. The number of aliphatic hydroxyl groups is 1. The maximum Gasteiger partial charge on any atom is 0.0459 e. The van der Waals surface area contributed by atoms with E-state index in [1.807, 2.05) is 6.07 Å². The Morgan fingerprint density at radius 1 is 1.05 bits per heavy atom. The van der Waals surface area contributed by atoms with Crippen LogP contribution in [0.4, 0.5) is 0 Å². The molecule has 2 aromatic carbocycles. The van der Waals surface area contributed by atoms with E-state index in [4.69, 9.17) is 0 Å². The topological polar surface area (TPSA) is 36.0 Å². The van der Waals surface area contributed by atoms with Crippen molar-refractivity contribution in [2.24, 2.45) is 0 Å². The first kappa shape index (κ1) is 12.9. The minimum absolute atomic E-state index is 0.193. The lowest BCUT2D eigenvalue weighted by Gasteiger charge is -2.16. The molecule has 3 rings (SSSR count). The van der Waals surface area contributed by atoms with E-state index in [1.165, 1.54) is 27.6 Å². The van der Waals surface area contributed by atoms with Gasteiger partial charge in [-0.25, -0.2) is 0 Å². The van der Waals surface area contributed by atoms with E-state index >= 15 is 0 Å². The van der Waals surface area contributed by atoms with Gasteiger partial charge in [0.05, 0.1) is 0 Å². The Labute approximate surface area is 119 Å². The Morgan fingerprint density at radius 2 is 1.85 bits per heavy atom. The van der Waals surface area contributed by atoms with Crippen LogP contribution in [0.15, 0.2) is 54.7 Å². The van der Waals surface area contributed by atoms with Crippen molar-refractivity contribution in [2.45, 2.75) is 19.3 Å². The lowest BCUT2D eigenvalue weighted by Crippen LogP contribution is -2.03. The molecular weight excluding hydrogens is 246 g/mol. The molecule has 0 spiro atoms. The molecule has 1 atom stereocenters.